The number of benzene rings is 2. The minimum absolute atomic E-state index is 0.151. The van der Waals surface area contributed by atoms with Crippen molar-refractivity contribution in [1.82, 2.24) is 5.43 Å². The standard InChI is InChI=1S/C28H26N2O5/c1-16-12-13-21-19(15-33-26(21)17(16)2)14-24(31)30-29-22-10-7-11-23-25(22)18(3)27(35-23)28(32)34-20-8-5-4-6-9-20/h4-6,8-9,12-13,15H,7,10-11,14H2,1-3H3,(H,30,31)/b29-22+. The van der Waals surface area contributed by atoms with Crippen molar-refractivity contribution < 1.29 is 23.2 Å². The molecule has 0 unspecified atom stereocenters. The number of amides is 1. The summed E-state index contributed by atoms with van der Waals surface area (Å²) in [6.07, 6.45) is 3.97. The number of nitrogens with zero attached hydrogens (tertiary/aromatic N) is 1. The van der Waals surface area contributed by atoms with Crippen LogP contribution in [0.25, 0.3) is 11.0 Å². The molecular weight excluding hydrogens is 444 g/mol. The number of furan rings is 2. The van der Waals surface area contributed by atoms with E-state index in [1.165, 1.54) is 0 Å². The molecule has 1 aliphatic rings. The molecule has 1 N–H and O–H groups in total. The summed E-state index contributed by atoms with van der Waals surface area (Å²) in [6.45, 7) is 5.85. The molecule has 2 heterocycles. The number of esters is 1. The predicted octanol–water partition coefficient (Wildman–Crippen LogP) is 5.57. The Labute approximate surface area is 202 Å². The van der Waals surface area contributed by atoms with E-state index in [9.17, 15) is 9.59 Å². The van der Waals surface area contributed by atoms with Crippen molar-refractivity contribution in [3.05, 3.63) is 88.1 Å². The molecule has 2 aromatic carbocycles. The van der Waals surface area contributed by atoms with Crippen LogP contribution in [-0.2, 0) is 17.6 Å². The van der Waals surface area contributed by atoms with E-state index < -0.39 is 5.97 Å². The molecule has 178 valence electrons. The highest BCUT2D eigenvalue weighted by Crippen LogP contribution is 2.31. The lowest BCUT2D eigenvalue weighted by atomic mass is 9.93. The molecule has 0 saturated heterocycles. The van der Waals surface area contributed by atoms with E-state index in [0.29, 0.717) is 35.6 Å². The summed E-state index contributed by atoms with van der Waals surface area (Å²) in [5.41, 5.74) is 8.65. The van der Waals surface area contributed by atoms with Crippen molar-refractivity contribution in [3.63, 3.8) is 0 Å². The fourth-order valence-corrected chi connectivity index (χ4v) is 4.48. The summed E-state index contributed by atoms with van der Waals surface area (Å²) in [4.78, 5) is 25.4. The highest BCUT2D eigenvalue weighted by Gasteiger charge is 2.29. The Balaban J connectivity index is 1.33. The summed E-state index contributed by atoms with van der Waals surface area (Å²) >= 11 is 0. The molecule has 0 atom stereocenters. The molecule has 1 amide bonds. The number of para-hydroxylation sites is 1. The number of hydrogen-bond donors (Lipinski definition) is 1. The second kappa shape index (κ2) is 9.25. The number of nitrogens with one attached hydrogen (secondary N) is 1. The summed E-state index contributed by atoms with van der Waals surface area (Å²) < 4.78 is 17.0. The summed E-state index contributed by atoms with van der Waals surface area (Å²) in [5, 5.41) is 5.34. The molecule has 0 aliphatic heterocycles. The second-order valence-corrected chi connectivity index (χ2v) is 8.83. The number of rotatable bonds is 5. The minimum atomic E-state index is -0.552. The molecule has 7 nitrogen and oxygen atoms in total. The third-order valence-electron chi connectivity index (χ3n) is 6.47. The lowest BCUT2D eigenvalue weighted by molar-refractivity contribution is -0.120. The summed E-state index contributed by atoms with van der Waals surface area (Å²) in [7, 11) is 0. The Morgan fingerprint density at radius 2 is 1.83 bits per heavy atom. The van der Waals surface area contributed by atoms with Crippen LogP contribution in [0, 0.1) is 20.8 Å². The van der Waals surface area contributed by atoms with Gasteiger partial charge in [-0.2, -0.15) is 5.10 Å². The number of hydrazone groups is 1. The van der Waals surface area contributed by atoms with Crippen LogP contribution in [-0.4, -0.2) is 17.6 Å². The molecule has 35 heavy (non-hydrogen) atoms. The largest absolute Gasteiger partial charge is 0.464 e. The maximum absolute atomic E-state index is 12.7. The van der Waals surface area contributed by atoms with Crippen molar-refractivity contribution in [2.24, 2.45) is 5.10 Å². The zero-order chi connectivity index (χ0) is 24.5. The molecule has 0 bridgehead atoms. The first-order valence-corrected chi connectivity index (χ1v) is 11.6. The number of fused-ring (bicyclic) bond motifs is 2. The lowest BCUT2D eigenvalue weighted by Gasteiger charge is -2.13. The van der Waals surface area contributed by atoms with Gasteiger partial charge in [0, 0.05) is 28.5 Å². The van der Waals surface area contributed by atoms with E-state index in [2.05, 4.69) is 10.5 Å². The van der Waals surface area contributed by atoms with Gasteiger partial charge >= 0.3 is 5.97 Å². The quantitative estimate of drug-likeness (QED) is 0.234. The number of ether oxygens (including phenoxy) is 1. The van der Waals surface area contributed by atoms with Gasteiger partial charge in [0.2, 0.25) is 11.7 Å². The number of carbonyl (C=O) groups is 2. The maximum Gasteiger partial charge on any atom is 0.379 e. The fraction of sp³-hybridized carbons (Fsp3) is 0.250. The van der Waals surface area contributed by atoms with Gasteiger partial charge in [-0.05, 0) is 56.9 Å². The van der Waals surface area contributed by atoms with E-state index in [4.69, 9.17) is 13.6 Å². The molecule has 4 aromatic rings. The molecule has 5 rings (SSSR count). The normalized spacial score (nSPS) is 14.2. The molecular formula is C28H26N2O5. The van der Waals surface area contributed by atoms with Crippen molar-refractivity contribution in [1.29, 1.82) is 0 Å². The first-order valence-electron chi connectivity index (χ1n) is 11.6. The fourth-order valence-electron chi connectivity index (χ4n) is 4.48. The summed E-state index contributed by atoms with van der Waals surface area (Å²) in [5.74, 6) is 0.507. The van der Waals surface area contributed by atoms with Crippen molar-refractivity contribution in [2.75, 3.05) is 0 Å². The van der Waals surface area contributed by atoms with E-state index in [-0.39, 0.29) is 18.1 Å². The SMILES string of the molecule is Cc1ccc2c(CC(=O)N/N=C3\CCCc4oc(C(=O)Oc5ccccc5)c(C)c43)coc2c1C. The first-order chi connectivity index (χ1) is 16.9. The Bertz CT molecular complexity index is 1460. The van der Waals surface area contributed by atoms with Gasteiger partial charge in [-0.1, -0.05) is 30.3 Å². The highest BCUT2D eigenvalue weighted by molar-refractivity contribution is 6.06. The zero-order valence-electron chi connectivity index (χ0n) is 19.9. The molecule has 0 radical (unpaired) electrons. The van der Waals surface area contributed by atoms with Crippen LogP contribution in [0.1, 0.15) is 57.0 Å². The van der Waals surface area contributed by atoms with Gasteiger partial charge in [0.15, 0.2) is 0 Å². The van der Waals surface area contributed by atoms with Gasteiger partial charge in [0.1, 0.15) is 17.1 Å². The van der Waals surface area contributed by atoms with Crippen LogP contribution in [0.4, 0.5) is 0 Å². The van der Waals surface area contributed by atoms with Crippen molar-refractivity contribution in [3.8, 4) is 5.75 Å². The summed E-state index contributed by atoms with van der Waals surface area (Å²) in [6, 6.07) is 12.9. The number of carbonyl (C=O) groups excluding carboxylic acids is 2. The van der Waals surface area contributed by atoms with Gasteiger partial charge in [0.05, 0.1) is 18.4 Å². The monoisotopic (exact) mass is 470 g/mol. The van der Waals surface area contributed by atoms with Crippen LogP contribution in [0.3, 0.4) is 0 Å². The van der Waals surface area contributed by atoms with Crippen molar-refractivity contribution >= 4 is 28.6 Å². The van der Waals surface area contributed by atoms with Gasteiger partial charge in [-0.25, -0.2) is 10.2 Å². The van der Waals surface area contributed by atoms with Crippen LogP contribution in [0.2, 0.25) is 0 Å². The van der Waals surface area contributed by atoms with E-state index in [0.717, 1.165) is 39.6 Å². The second-order valence-electron chi connectivity index (χ2n) is 8.83. The predicted molar refractivity (Wildman–Crippen MR) is 132 cm³/mol. The molecule has 2 aromatic heterocycles. The Morgan fingerprint density at radius 3 is 2.63 bits per heavy atom. The average molecular weight is 471 g/mol. The van der Waals surface area contributed by atoms with Gasteiger partial charge < -0.3 is 13.6 Å². The zero-order valence-corrected chi connectivity index (χ0v) is 19.9. The van der Waals surface area contributed by atoms with Crippen LogP contribution < -0.4 is 10.2 Å². The third kappa shape index (κ3) is 4.37. The van der Waals surface area contributed by atoms with E-state index in [1.807, 2.05) is 39.0 Å². The highest BCUT2D eigenvalue weighted by atomic mass is 16.5. The Hall–Kier alpha value is -4.13. The number of hydrogen-bond acceptors (Lipinski definition) is 6. The topological polar surface area (TPSA) is 94.0 Å². The van der Waals surface area contributed by atoms with Crippen LogP contribution >= 0.6 is 0 Å². The number of aryl methyl sites for hydroxylation is 3. The Morgan fingerprint density at radius 1 is 1.03 bits per heavy atom. The minimum Gasteiger partial charge on any atom is -0.464 e. The molecule has 7 heteroatoms. The van der Waals surface area contributed by atoms with Gasteiger partial charge in [-0.3, -0.25) is 4.79 Å². The van der Waals surface area contributed by atoms with Crippen LogP contribution in [0.15, 0.2) is 62.7 Å². The smallest absolute Gasteiger partial charge is 0.379 e. The molecule has 0 spiro atoms. The van der Waals surface area contributed by atoms with Crippen molar-refractivity contribution in [2.45, 2.75) is 46.5 Å². The van der Waals surface area contributed by atoms with E-state index >= 15 is 0 Å². The van der Waals surface area contributed by atoms with E-state index in [1.54, 1.807) is 30.5 Å². The first kappa shape index (κ1) is 22.7. The maximum atomic E-state index is 12.7. The molecule has 0 saturated carbocycles. The Kier molecular flexibility index (Phi) is 5.99. The van der Waals surface area contributed by atoms with Gasteiger partial charge in [0.25, 0.3) is 0 Å². The lowest BCUT2D eigenvalue weighted by Crippen LogP contribution is -2.23. The third-order valence-corrected chi connectivity index (χ3v) is 6.47. The molecule has 0 fully saturated rings. The molecule has 1 aliphatic carbocycles. The van der Waals surface area contributed by atoms with Gasteiger partial charge in [-0.15, -0.1) is 0 Å². The van der Waals surface area contributed by atoms with Crippen LogP contribution in [0.5, 0.6) is 5.75 Å². The average Bonchev–Trinajstić information content (AvgIpc) is 3.42.